The number of hydrogen-bond acceptors (Lipinski definition) is 3. The molecule has 0 aromatic heterocycles. The van der Waals surface area contributed by atoms with Gasteiger partial charge < -0.3 is 5.32 Å². The van der Waals surface area contributed by atoms with E-state index in [4.69, 9.17) is 0 Å². The Bertz CT molecular complexity index is 333. The fourth-order valence-corrected chi connectivity index (χ4v) is 2.33. The van der Waals surface area contributed by atoms with Crippen LogP contribution in [0.25, 0.3) is 0 Å². The summed E-state index contributed by atoms with van der Waals surface area (Å²) in [5, 5.41) is 3.48. The Balaban J connectivity index is 2.30. The lowest BCUT2D eigenvalue weighted by Crippen LogP contribution is -2.32. The van der Waals surface area contributed by atoms with Crippen molar-refractivity contribution < 1.29 is 8.42 Å². The molecule has 1 fully saturated rings. The SMILES string of the molecule is C=CC(C)(CCCS(C)(=O)=O)CNC1CC1. The summed E-state index contributed by atoms with van der Waals surface area (Å²) in [5.74, 6) is 0.278. The maximum absolute atomic E-state index is 11.0. The average Bonchev–Trinajstić information content (AvgIpc) is 2.96. The van der Waals surface area contributed by atoms with Crippen LogP contribution in [0.4, 0.5) is 0 Å². The molecule has 1 N–H and O–H groups in total. The Labute approximate surface area is 99.2 Å². The second-order valence-electron chi connectivity index (χ2n) is 5.25. The van der Waals surface area contributed by atoms with Crippen molar-refractivity contribution in [1.29, 1.82) is 0 Å². The zero-order valence-corrected chi connectivity index (χ0v) is 11.1. The van der Waals surface area contributed by atoms with E-state index in [0.717, 1.165) is 13.0 Å². The molecule has 0 aromatic rings. The summed E-state index contributed by atoms with van der Waals surface area (Å²) in [6.45, 7) is 6.90. The standard InChI is InChI=1S/C12H23NO2S/c1-4-12(2,10-13-11-6-7-11)8-5-9-16(3,14)15/h4,11,13H,1,5-10H2,2-3H3. The average molecular weight is 245 g/mol. The molecule has 94 valence electrons. The van der Waals surface area contributed by atoms with Crippen LogP contribution in [0.1, 0.15) is 32.6 Å². The molecule has 16 heavy (non-hydrogen) atoms. The predicted octanol–water partition coefficient (Wildman–Crippen LogP) is 1.76. The van der Waals surface area contributed by atoms with Crippen LogP contribution in [0, 0.1) is 5.41 Å². The highest BCUT2D eigenvalue weighted by Gasteiger charge is 2.26. The number of sulfone groups is 1. The van der Waals surface area contributed by atoms with E-state index in [1.54, 1.807) is 0 Å². The second kappa shape index (κ2) is 5.32. The Morgan fingerprint density at radius 3 is 2.56 bits per heavy atom. The third kappa shape index (κ3) is 5.66. The Kier molecular flexibility index (Phi) is 4.56. The van der Waals surface area contributed by atoms with Crippen LogP contribution in [-0.4, -0.2) is 33.0 Å². The van der Waals surface area contributed by atoms with Gasteiger partial charge in [0.15, 0.2) is 0 Å². The van der Waals surface area contributed by atoms with E-state index in [1.165, 1.54) is 19.1 Å². The van der Waals surface area contributed by atoms with Gasteiger partial charge in [-0.3, -0.25) is 0 Å². The quantitative estimate of drug-likeness (QED) is 0.663. The van der Waals surface area contributed by atoms with Crippen molar-refractivity contribution in [3.63, 3.8) is 0 Å². The molecule has 0 aromatic carbocycles. The van der Waals surface area contributed by atoms with Gasteiger partial charge in [0.1, 0.15) is 9.84 Å². The highest BCUT2D eigenvalue weighted by atomic mass is 32.2. The van der Waals surface area contributed by atoms with Crippen molar-refractivity contribution >= 4 is 9.84 Å². The highest BCUT2D eigenvalue weighted by Crippen LogP contribution is 2.26. The normalized spacial score (nSPS) is 20.4. The molecule has 0 aliphatic heterocycles. The molecular formula is C12H23NO2S. The van der Waals surface area contributed by atoms with E-state index >= 15 is 0 Å². The number of hydrogen-bond donors (Lipinski definition) is 1. The maximum Gasteiger partial charge on any atom is 0.147 e. The lowest BCUT2D eigenvalue weighted by atomic mass is 9.86. The van der Waals surface area contributed by atoms with Crippen LogP contribution in [0.15, 0.2) is 12.7 Å². The first-order chi connectivity index (χ1) is 7.35. The fourth-order valence-electron chi connectivity index (χ4n) is 1.67. The van der Waals surface area contributed by atoms with Gasteiger partial charge in [0.25, 0.3) is 0 Å². The molecule has 1 unspecified atom stereocenters. The van der Waals surface area contributed by atoms with E-state index in [2.05, 4.69) is 18.8 Å². The highest BCUT2D eigenvalue weighted by molar-refractivity contribution is 7.90. The van der Waals surface area contributed by atoms with Crippen molar-refractivity contribution in [2.75, 3.05) is 18.6 Å². The van der Waals surface area contributed by atoms with Crippen LogP contribution < -0.4 is 5.32 Å². The van der Waals surface area contributed by atoms with Gasteiger partial charge in [-0.1, -0.05) is 13.0 Å². The summed E-state index contributed by atoms with van der Waals surface area (Å²) in [4.78, 5) is 0. The Morgan fingerprint density at radius 1 is 1.50 bits per heavy atom. The largest absolute Gasteiger partial charge is 0.313 e. The molecule has 1 rings (SSSR count). The summed E-state index contributed by atoms with van der Waals surface area (Å²) in [6, 6.07) is 0.689. The van der Waals surface area contributed by atoms with E-state index < -0.39 is 9.84 Å². The molecule has 3 nitrogen and oxygen atoms in total. The van der Waals surface area contributed by atoms with Gasteiger partial charge in [0, 0.05) is 24.6 Å². The molecule has 0 bridgehead atoms. The molecule has 0 radical (unpaired) electrons. The summed E-state index contributed by atoms with van der Waals surface area (Å²) < 4.78 is 22.1. The van der Waals surface area contributed by atoms with Crippen molar-refractivity contribution in [1.82, 2.24) is 5.32 Å². The van der Waals surface area contributed by atoms with Crippen LogP contribution in [0.5, 0.6) is 0 Å². The Morgan fingerprint density at radius 2 is 2.12 bits per heavy atom. The van der Waals surface area contributed by atoms with Crippen molar-refractivity contribution in [2.24, 2.45) is 5.41 Å². The van der Waals surface area contributed by atoms with Gasteiger partial charge >= 0.3 is 0 Å². The minimum absolute atomic E-state index is 0.0211. The lowest BCUT2D eigenvalue weighted by molar-refractivity contribution is 0.359. The summed E-state index contributed by atoms with van der Waals surface area (Å²) >= 11 is 0. The molecule has 0 saturated heterocycles. The molecule has 0 amide bonds. The minimum atomic E-state index is -2.83. The summed E-state index contributed by atoms with van der Waals surface area (Å²) in [5.41, 5.74) is 0.0211. The van der Waals surface area contributed by atoms with Crippen LogP contribution >= 0.6 is 0 Å². The smallest absolute Gasteiger partial charge is 0.147 e. The van der Waals surface area contributed by atoms with Gasteiger partial charge in [-0.2, -0.15) is 0 Å². The van der Waals surface area contributed by atoms with Crippen molar-refractivity contribution in [3.05, 3.63) is 12.7 Å². The lowest BCUT2D eigenvalue weighted by Gasteiger charge is -2.26. The predicted molar refractivity (Wildman–Crippen MR) is 68.3 cm³/mol. The third-order valence-electron chi connectivity index (χ3n) is 3.13. The van der Waals surface area contributed by atoms with E-state index in [1.807, 2.05) is 6.08 Å². The Hall–Kier alpha value is -0.350. The van der Waals surface area contributed by atoms with Gasteiger partial charge in [0.2, 0.25) is 0 Å². The van der Waals surface area contributed by atoms with Crippen LogP contribution in [0.3, 0.4) is 0 Å². The van der Waals surface area contributed by atoms with E-state index in [9.17, 15) is 8.42 Å². The van der Waals surface area contributed by atoms with Gasteiger partial charge in [-0.15, -0.1) is 6.58 Å². The maximum atomic E-state index is 11.0. The number of rotatable bonds is 8. The van der Waals surface area contributed by atoms with E-state index in [-0.39, 0.29) is 11.2 Å². The van der Waals surface area contributed by atoms with Gasteiger partial charge in [0.05, 0.1) is 0 Å². The molecule has 1 aliphatic rings. The molecule has 4 heteroatoms. The van der Waals surface area contributed by atoms with Crippen LogP contribution in [0.2, 0.25) is 0 Å². The monoisotopic (exact) mass is 245 g/mol. The topological polar surface area (TPSA) is 46.2 Å². The zero-order chi connectivity index (χ0) is 12.2. The summed E-state index contributed by atoms with van der Waals surface area (Å²) in [6.07, 6.45) is 7.38. The van der Waals surface area contributed by atoms with E-state index in [0.29, 0.717) is 12.5 Å². The molecule has 0 spiro atoms. The molecule has 1 aliphatic carbocycles. The summed E-state index contributed by atoms with van der Waals surface area (Å²) in [7, 11) is -2.83. The fraction of sp³-hybridized carbons (Fsp3) is 0.833. The number of nitrogens with one attached hydrogen (secondary N) is 1. The zero-order valence-electron chi connectivity index (χ0n) is 10.3. The first kappa shape index (κ1) is 13.7. The minimum Gasteiger partial charge on any atom is -0.313 e. The van der Waals surface area contributed by atoms with Crippen LogP contribution in [-0.2, 0) is 9.84 Å². The van der Waals surface area contributed by atoms with Crippen molar-refractivity contribution in [3.8, 4) is 0 Å². The van der Waals surface area contributed by atoms with Gasteiger partial charge in [-0.25, -0.2) is 8.42 Å². The molecule has 0 heterocycles. The first-order valence-electron chi connectivity index (χ1n) is 5.89. The van der Waals surface area contributed by atoms with Gasteiger partial charge in [-0.05, 0) is 31.1 Å². The molecular weight excluding hydrogens is 222 g/mol. The first-order valence-corrected chi connectivity index (χ1v) is 7.95. The second-order valence-corrected chi connectivity index (χ2v) is 7.51. The van der Waals surface area contributed by atoms with Crippen molar-refractivity contribution in [2.45, 2.75) is 38.6 Å². The molecule has 1 atom stereocenters. The molecule has 1 saturated carbocycles. The third-order valence-corrected chi connectivity index (χ3v) is 4.16.